The van der Waals surface area contributed by atoms with Gasteiger partial charge in [0.05, 0.1) is 17.8 Å². The van der Waals surface area contributed by atoms with Crippen molar-refractivity contribution in [2.75, 3.05) is 5.32 Å². The van der Waals surface area contributed by atoms with E-state index in [9.17, 15) is 9.59 Å². The Morgan fingerprint density at radius 2 is 1.96 bits per heavy atom. The molecule has 0 saturated carbocycles. The first-order valence-electron chi connectivity index (χ1n) is 8.02. The van der Waals surface area contributed by atoms with Crippen molar-refractivity contribution in [3.63, 3.8) is 0 Å². The molecule has 0 fully saturated rings. The topological polar surface area (TPSA) is 93.5 Å². The van der Waals surface area contributed by atoms with Gasteiger partial charge in [0.25, 0.3) is 11.8 Å². The number of benzene rings is 1. The van der Waals surface area contributed by atoms with Gasteiger partial charge < -0.3 is 15.8 Å². The zero-order valence-electron chi connectivity index (χ0n) is 14.4. The van der Waals surface area contributed by atoms with Gasteiger partial charge in [0.1, 0.15) is 5.00 Å². The highest BCUT2D eigenvalue weighted by atomic mass is 32.1. The van der Waals surface area contributed by atoms with Crippen molar-refractivity contribution in [2.45, 2.75) is 32.5 Å². The molecule has 2 heterocycles. The van der Waals surface area contributed by atoms with Gasteiger partial charge in [-0.05, 0) is 43.8 Å². The van der Waals surface area contributed by atoms with E-state index in [-0.39, 0.29) is 16.6 Å². The highest BCUT2D eigenvalue weighted by Gasteiger charge is 2.33. The lowest BCUT2D eigenvalue weighted by atomic mass is 9.93. The SMILES string of the molecule is CC1(C)Cc2c(sc(NC(=S)NC(=O)c3ccccc3)c2C(N)=O)CO1. The van der Waals surface area contributed by atoms with Gasteiger partial charge >= 0.3 is 0 Å². The van der Waals surface area contributed by atoms with E-state index >= 15 is 0 Å². The summed E-state index contributed by atoms with van der Waals surface area (Å²) in [7, 11) is 0. The molecule has 1 aromatic carbocycles. The zero-order valence-corrected chi connectivity index (χ0v) is 16.1. The lowest BCUT2D eigenvalue weighted by Crippen LogP contribution is -2.34. The molecule has 8 heteroatoms. The van der Waals surface area contributed by atoms with Gasteiger partial charge in [-0.1, -0.05) is 18.2 Å². The van der Waals surface area contributed by atoms with Gasteiger partial charge in [-0.3, -0.25) is 14.9 Å². The molecule has 4 N–H and O–H groups in total. The molecule has 1 aliphatic heterocycles. The van der Waals surface area contributed by atoms with Gasteiger partial charge in [-0.15, -0.1) is 11.3 Å². The molecule has 0 unspecified atom stereocenters. The van der Waals surface area contributed by atoms with Crippen LogP contribution in [-0.2, 0) is 17.8 Å². The van der Waals surface area contributed by atoms with Crippen LogP contribution in [-0.4, -0.2) is 22.5 Å². The van der Waals surface area contributed by atoms with Gasteiger partial charge in [0, 0.05) is 16.9 Å². The second kappa shape index (κ2) is 7.14. The smallest absolute Gasteiger partial charge is 0.257 e. The van der Waals surface area contributed by atoms with Crippen molar-refractivity contribution in [1.82, 2.24) is 5.32 Å². The van der Waals surface area contributed by atoms with E-state index in [1.807, 2.05) is 19.9 Å². The van der Waals surface area contributed by atoms with Crippen molar-refractivity contribution in [3.05, 3.63) is 51.9 Å². The first kappa shape index (κ1) is 18.5. The molecule has 136 valence electrons. The number of ether oxygens (including phenoxy) is 1. The molecule has 26 heavy (non-hydrogen) atoms. The number of anilines is 1. The normalized spacial score (nSPS) is 15.0. The molecule has 2 aromatic rings. The number of hydrogen-bond donors (Lipinski definition) is 3. The molecule has 0 spiro atoms. The number of primary amides is 1. The van der Waals surface area contributed by atoms with Gasteiger partial charge in [-0.25, -0.2) is 0 Å². The summed E-state index contributed by atoms with van der Waals surface area (Å²) in [5, 5.41) is 6.19. The van der Waals surface area contributed by atoms with Gasteiger partial charge in [-0.2, -0.15) is 0 Å². The first-order chi connectivity index (χ1) is 12.3. The summed E-state index contributed by atoms with van der Waals surface area (Å²) in [6.07, 6.45) is 0.585. The fourth-order valence-corrected chi connectivity index (χ4v) is 4.20. The molecule has 3 rings (SSSR count). The minimum absolute atomic E-state index is 0.111. The second-order valence-electron chi connectivity index (χ2n) is 6.57. The maximum Gasteiger partial charge on any atom is 0.257 e. The van der Waals surface area contributed by atoms with Crippen LogP contribution in [0.3, 0.4) is 0 Å². The Hall–Kier alpha value is -2.29. The second-order valence-corrected chi connectivity index (χ2v) is 8.09. The third-order valence-corrected chi connectivity index (χ3v) is 5.35. The fourth-order valence-electron chi connectivity index (χ4n) is 2.80. The lowest BCUT2D eigenvalue weighted by molar-refractivity contribution is -0.0383. The highest BCUT2D eigenvalue weighted by molar-refractivity contribution is 7.80. The fraction of sp³-hybridized carbons (Fsp3) is 0.278. The molecule has 0 radical (unpaired) electrons. The first-order valence-corrected chi connectivity index (χ1v) is 9.25. The van der Waals surface area contributed by atoms with Crippen LogP contribution in [0.5, 0.6) is 0 Å². The van der Waals surface area contributed by atoms with E-state index in [4.69, 9.17) is 22.7 Å². The Bertz CT molecular complexity index is 875. The third-order valence-electron chi connectivity index (χ3n) is 4.02. The van der Waals surface area contributed by atoms with Gasteiger partial charge in [0.2, 0.25) is 0 Å². The maximum absolute atomic E-state index is 12.2. The van der Waals surface area contributed by atoms with Gasteiger partial charge in [0.15, 0.2) is 5.11 Å². The van der Waals surface area contributed by atoms with Crippen LogP contribution in [0.1, 0.15) is 45.0 Å². The number of nitrogens with two attached hydrogens (primary N) is 1. The molecular weight excluding hydrogens is 370 g/mol. The molecule has 2 amide bonds. The Kier molecular flexibility index (Phi) is 5.08. The predicted octanol–water partition coefficient (Wildman–Crippen LogP) is 2.83. The third kappa shape index (κ3) is 3.92. The van der Waals surface area contributed by atoms with Crippen LogP contribution >= 0.6 is 23.6 Å². The number of fused-ring (bicyclic) bond motifs is 1. The van der Waals surface area contributed by atoms with Crippen molar-refractivity contribution in [3.8, 4) is 0 Å². The number of carbonyl (C=O) groups excluding carboxylic acids is 2. The van der Waals surface area contributed by atoms with Crippen molar-refractivity contribution in [1.29, 1.82) is 0 Å². The number of rotatable bonds is 3. The van der Waals surface area contributed by atoms with E-state index in [0.29, 0.717) is 29.2 Å². The zero-order chi connectivity index (χ0) is 18.9. The van der Waals surface area contributed by atoms with Crippen LogP contribution in [0.15, 0.2) is 30.3 Å². The summed E-state index contributed by atoms with van der Waals surface area (Å²) in [6, 6.07) is 8.75. The largest absolute Gasteiger partial charge is 0.370 e. The van der Waals surface area contributed by atoms with Crippen molar-refractivity contribution in [2.24, 2.45) is 5.73 Å². The lowest BCUT2D eigenvalue weighted by Gasteiger charge is -2.30. The predicted molar refractivity (Wildman–Crippen MR) is 106 cm³/mol. The summed E-state index contributed by atoms with van der Waals surface area (Å²) < 4.78 is 5.80. The number of thiocarbonyl (C=S) groups is 1. The van der Waals surface area contributed by atoms with Crippen molar-refractivity contribution >= 4 is 45.5 Å². The van der Waals surface area contributed by atoms with E-state index < -0.39 is 5.91 Å². The molecule has 1 aliphatic rings. The number of amides is 2. The Labute approximate surface area is 160 Å². The van der Waals surface area contributed by atoms with Crippen LogP contribution in [0.2, 0.25) is 0 Å². The summed E-state index contributed by atoms with van der Waals surface area (Å²) in [5.74, 6) is -0.852. The molecule has 0 bridgehead atoms. The number of nitrogens with one attached hydrogen (secondary N) is 2. The van der Waals surface area contributed by atoms with Crippen LogP contribution in [0, 0.1) is 0 Å². The molecule has 0 atom stereocenters. The standard InChI is InChI=1S/C18H19N3O3S2/c1-18(2)8-11-12(9-24-18)26-16(13(11)14(19)22)21-17(25)20-15(23)10-6-4-3-5-7-10/h3-7H,8-9H2,1-2H3,(H2,19,22)(H2,20,21,23,25). The average Bonchev–Trinajstić information content (AvgIpc) is 2.91. The quantitative estimate of drug-likeness (QED) is 0.702. The highest BCUT2D eigenvalue weighted by Crippen LogP contribution is 2.40. The van der Waals surface area contributed by atoms with Crippen LogP contribution in [0.25, 0.3) is 0 Å². The number of thiophene rings is 1. The minimum atomic E-state index is -0.528. The monoisotopic (exact) mass is 389 g/mol. The molecule has 6 nitrogen and oxygen atoms in total. The molecule has 1 aromatic heterocycles. The van der Waals surface area contributed by atoms with Crippen LogP contribution in [0.4, 0.5) is 5.00 Å². The molecular formula is C18H19N3O3S2. The molecule has 0 aliphatic carbocycles. The number of carbonyl (C=O) groups is 2. The van der Waals surface area contributed by atoms with Crippen LogP contribution < -0.4 is 16.4 Å². The van der Waals surface area contributed by atoms with Crippen molar-refractivity contribution < 1.29 is 14.3 Å². The van der Waals surface area contributed by atoms with E-state index in [0.717, 1.165) is 10.4 Å². The maximum atomic E-state index is 12.2. The average molecular weight is 390 g/mol. The minimum Gasteiger partial charge on any atom is -0.370 e. The Morgan fingerprint density at radius 1 is 1.27 bits per heavy atom. The summed E-state index contributed by atoms with van der Waals surface area (Å²) in [5.41, 5.74) is 7.03. The Morgan fingerprint density at radius 3 is 2.62 bits per heavy atom. The summed E-state index contributed by atoms with van der Waals surface area (Å²) in [6.45, 7) is 4.35. The molecule has 0 saturated heterocycles. The van der Waals surface area contributed by atoms with E-state index in [1.54, 1.807) is 24.3 Å². The van der Waals surface area contributed by atoms with E-state index in [1.165, 1.54) is 11.3 Å². The number of hydrogen-bond acceptors (Lipinski definition) is 5. The summed E-state index contributed by atoms with van der Waals surface area (Å²) in [4.78, 5) is 25.1. The van der Waals surface area contributed by atoms with E-state index in [2.05, 4.69) is 10.6 Å². The Balaban J connectivity index is 1.80. The summed E-state index contributed by atoms with van der Waals surface area (Å²) >= 11 is 6.59.